The molecule has 0 spiro atoms. The first-order valence-electron chi connectivity index (χ1n) is 3.48. The second-order valence-electron chi connectivity index (χ2n) is 2.46. The van der Waals surface area contributed by atoms with E-state index < -0.39 is 24.0 Å². The fourth-order valence-corrected chi connectivity index (χ4v) is 0.955. The second kappa shape index (κ2) is 5.50. The minimum Gasteiger partial charge on any atom is -0.500 e. The Balaban J connectivity index is 0.00000169. The summed E-state index contributed by atoms with van der Waals surface area (Å²) in [6.45, 7) is -5.14. The molecule has 0 aliphatic heterocycles. The molecule has 0 unspecified atom stereocenters. The summed E-state index contributed by atoms with van der Waals surface area (Å²) in [6.07, 6.45) is 0. The molecule has 0 amide bonds. The van der Waals surface area contributed by atoms with E-state index >= 15 is 0 Å². The third-order valence-corrected chi connectivity index (χ3v) is 1.55. The molecule has 0 saturated carbocycles. The van der Waals surface area contributed by atoms with Crippen LogP contribution in [0.5, 0.6) is 5.75 Å². The van der Waals surface area contributed by atoms with E-state index in [1.54, 1.807) is 0 Å². The molecule has 7 heteroatoms. The molecule has 0 saturated heterocycles. The van der Waals surface area contributed by atoms with Crippen LogP contribution < -0.4 is 61.6 Å². The monoisotopic (exact) mass is 232 g/mol. The number of benzene rings is 1. The minimum atomic E-state index is -5.14. The first kappa shape index (κ1) is 14.4. The van der Waals surface area contributed by atoms with Gasteiger partial charge >= 0.3 is 58.4 Å². The van der Waals surface area contributed by atoms with Gasteiger partial charge in [-0.3, -0.25) is 0 Å². The molecular weight excluding hydrogens is 226 g/mol. The average Bonchev–Trinajstić information content (AvgIpc) is 2.01. The first-order valence-corrected chi connectivity index (χ1v) is 3.48. The number of methoxy groups -OCH3 is 1. The molecule has 0 aliphatic rings. The molecule has 14 heavy (non-hydrogen) atoms. The number of ether oxygens (including phenoxy) is 1. The molecule has 0 bridgehead atoms. The minimum absolute atomic E-state index is 0. The van der Waals surface area contributed by atoms with Gasteiger partial charge in [0.15, 0.2) is 0 Å². The van der Waals surface area contributed by atoms with Gasteiger partial charge in [0.25, 0.3) is 0 Å². The Morgan fingerprint density at radius 2 is 1.79 bits per heavy atom. The Kier molecular flexibility index (Phi) is 5.68. The largest absolute Gasteiger partial charge is 1.00 e. The van der Waals surface area contributed by atoms with Crippen LogP contribution in [0.4, 0.5) is 17.3 Å². The van der Waals surface area contributed by atoms with E-state index in [9.17, 15) is 17.3 Å². The smallest absolute Gasteiger partial charge is 0.500 e. The maximum Gasteiger partial charge on any atom is 1.00 e. The summed E-state index contributed by atoms with van der Waals surface area (Å²) in [6, 6.07) is 2.14. The van der Waals surface area contributed by atoms with Crippen LogP contribution in [-0.4, -0.2) is 14.1 Å². The zero-order chi connectivity index (χ0) is 10.1. The maximum atomic E-state index is 12.5. The zero-order valence-electron chi connectivity index (χ0n) is 7.73. The van der Waals surface area contributed by atoms with E-state index in [-0.39, 0.29) is 51.4 Å². The summed E-state index contributed by atoms with van der Waals surface area (Å²) in [5.74, 6) is -1.23. The van der Waals surface area contributed by atoms with Crippen LogP contribution in [0.3, 0.4) is 0 Å². The molecule has 0 heterocycles. The van der Waals surface area contributed by atoms with Crippen LogP contribution in [0.15, 0.2) is 18.2 Å². The predicted octanol–water partition coefficient (Wildman–Crippen LogP) is -1.11. The van der Waals surface area contributed by atoms with Crippen LogP contribution >= 0.6 is 0 Å². The summed E-state index contributed by atoms with van der Waals surface area (Å²) in [5, 5.41) is 0. The molecule has 0 aromatic heterocycles. The Morgan fingerprint density at radius 1 is 1.21 bits per heavy atom. The van der Waals surface area contributed by atoms with E-state index in [1.165, 1.54) is 0 Å². The van der Waals surface area contributed by atoms with Gasteiger partial charge in [-0.15, -0.1) is 0 Å². The average molecular weight is 232 g/mol. The number of halogens is 4. The van der Waals surface area contributed by atoms with Gasteiger partial charge in [-0.25, -0.2) is 4.39 Å². The number of hydrogen-bond acceptors (Lipinski definition) is 1. The van der Waals surface area contributed by atoms with Crippen molar-refractivity contribution in [3.63, 3.8) is 0 Å². The molecular formula is C7H6BF4KO. The topological polar surface area (TPSA) is 9.23 Å². The van der Waals surface area contributed by atoms with Crippen molar-refractivity contribution >= 4 is 12.4 Å². The van der Waals surface area contributed by atoms with Gasteiger partial charge in [0.05, 0.1) is 12.9 Å². The van der Waals surface area contributed by atoms with Gasteiger partial charge in [-0.1, -0.05) is 11.5 Å². The van der Waals surface area contributed by atoms with Gasteiger partial charge in [0.2, 0.25) is 0 Å². The van der Waals surface area contributed by atoms with E-state index in [0.29, 0.717) is 12.1 Å². The quantitative estimate of drug-likeness (QED) is 0.464. The van der Waals surface area contributed by atoms with Crippen LogP contribution in [-0.2, 0) is 0 Å². The summed E-state index contributed by atoms with van der Waals surface area (Å²) < 4.78 is 53.6. The van der Waals surface area contributed by atoms with E-state index in [2.05, 4.69) is 4.74 Å². The molecule has 0 N–H and O–H groups in total. The van der Waals surface area contributed by atoms with Crippen molar-refractivity contribution in [1.82, 2.24) is 0 Å². The summed E-state index contributed by atoms with van der Waals surface area (Å²) in [7, 11) is 1.07. The number of hydrogen-bond donors (Lipinski definition) is 0. The first-order chi connectivity index (χ1) is 5.95. The van der Waals surface area contributed by atoms with Crippen molar-refractivity contribution in [2.24, 2.45) is 0 Å². The van der Waals surface area contributed by atoms with E-state index in [4.69, 9.17) is 0 Å². The summed E-state index contributed by atoms with van der Waals surface area (Å²) >= 11 is 0. The zero-order valence-corrected chi connectivity index (χ0v) is 10.9. The van der Waals surface area contributed by atoms with Gasteiger partial charge in [0, 0.05) is 6.07 Å². The van der Waals surface area contributed by atoms with Gasteiger partial charge < -0.3 is 17.7 Å². The van der Waals surface area contributed by atoms with E-state index in [0.717, 1.165) is 13.2 Å². The number of rotatable bonds is 2. The molecule has 1 aromatic rings. The SMILES string of the molecule is COc1cc(F)ccc1[B-](F)(F)F.[K+]. The predicted molar refractivity (Wildman–Crippen MR) is 41.7 cm³/mol. The van der Waals surface area contributed by atoms with Crippen molar-refractivity contribution in [3.05, 3.63) is 24.0 Å². The van der Waals surface area contributed by atoms with Crippen molar-refractivity contribution in [3.8, 4) is 5.75 Å². The van der Waals surface area contributed by atoms with Crippen LogP contribution in [0.1, 0.15) is 0 Å². The van der Waals surface area contributed by atoms with Crippen LogP contribution in [0.2, 0.25) is 0 Å². The van der Waals surface area contributed by atoms with Crippen molar-refractivity contribution < 1.29 is 73.5 Å². The third kappa shape index (κ3) is 3.54. The molecule has 0 atom stereocenters. The standard InChI is InChI=1S/C7H6BF4O.K/c1-13-7-4-5(9)2-3-6(7)8(10,11)12;/h2-4H,1H3;/q-1;+1. The third-order valence-electron chi connectivity index (χ3n) is 1.55. The summed E-state index contributed by atoms with van der Waals surface area (Å²) in [4.78, 5) is 0. The molecule has 0 aliphatic carbocycles. The molecule has 72 valence electrons. The summed E-state index contributed by atoms with van der Waals surface area (Å²) in [5.41, 5.74) is -0.913. The van der Waals surface area contributed by atoms with Crippen molar-refractivity contribution in [2.45, 2.75) is 0 Å². The Hall–Kier alpha value is 0.441. The Labute approximate surface area is 121 Å². The van der Waals surface area contributed by atoms with Crippen molar-refractivity contribution in [1.29, 1.82) is 0 Å². The van der Waals surface area contributed by atoms with Crippen LogP contribution in [0, 0.1) is 5.82 Å². The maximum absolute atomic E-state index is 12.5. The van der Waals surface area contributed by atoms with Gasteiger partial charge in [0.1, 0.15) is 5.82 Å². The van der Waals surface area contributed by atoms with Gasteiger partial charge in [-0.2, -0.15) is 0 Å². The molecule has 1 nitrogen and oxygen atoms in total. The fraction of sp³-hybridized carbons (Fsp3) is 0.143. The van der Waals surface area contributed by atoms with Crippen molar-refractivity contribution in [2.75, 3.05) is 7.11 Å². The van der Waals surface area contributed by atoms with Gasteiger partial charge in [-0.05, 0) is 6.07 Å². The second-order valence-corrected chi connectivity index (χ2v) is 2.46. The van der Waals surface area contributed by atoms with Crippen LogP contribution in [0.25, 0.3) is 0 Å². The normalized spacial score (nSPS) is 10.6. The molecule has 1 aromatic carbocycles. The molecule has 1 rings (SSSR count). The molecule has 0 radical (unpaired) electrons. The van der Waals surface area contributed by atoms with E-state index in [1.807, 2.05) is 0 Å². The Bertz CT molecular complexity index is 315. The Morgan fingerprint density at radius 3 is 2.21 bits per heavy atom. The fourth-order valence-electron chi connectivity index (χ4n) is 0.955. The molecule has 0 fully saturated rings.